The number of nitrogens with zero attached hydrogens (tertiary/aromatic N) is 3. The fourth-order valence-corrected chi connectivity index (χ4v) is 14.9. The van der Waals surface area contributed by atoms with Crippen molar-refractivity contribution >= 4 is 83.8 Å². The third-order valence-electron chi connectivity index (χ3n) is 18.4. The van der Waals surface area contributed by atoms with Gasteiger partial charge < -0.3 is 18.8 Å². The first-order chi connectivity index (χ1) is 39.0. The van der Waals surface area contributed by atoms with Gasteiger partial charge in [-0.1, -0.05) is 205 Å². The van der Waals surface area contributed by atoms with Gasteiger partial charge in [-0.2, -0.15) is 0 Å². The molecule has 0 saturated heterocycles. The third-order valence-corrected chi connectivity index (χ3v) is 18.4. The van der Waals surface area contributed by atoms with Crippen LogP contribution in [0.4, 0.5) is 17.1 Å². The lowest BCUT2D eigenvalue weighted by molar-refractivity contribution is 0.486. The molecule has 11 aromatic carbocycles. The van der Waals surface area contributed by atoms with Gasteiger partial charge in [0.15, 0.2) is 0 Å². The number of fused-ring (bicyclic) bond motifs is 21. The number of hydrogen-bond acceptors (Lipinski definition) is 2. The molecule has 5 heteroatoms. The normalized spacial score (nSPS) is 14.1. The largest absolute Gasteiger partial charge is 0.458 e. The van der Waals surface area contributed by atoms with E-state index in [0.29, 0.717) is 0 Å². The molecule has 0 amide bonds. The van der Waals surface area contributed by atoms with Crippen LogP contribution >= 0.6 is 0 Å². The molecule has 0 fully saturated rings. The fourth-order valence-electron chi connectivity index (χ4n) is 14.9. The summed E-state index contributed by atoms with van der Waals surface area (Å²) in [5.41, 5.74) is 26.4. The predicted molar refractivity (Wildman–Crippen MR) is 335 cm³/mol. The zero-order valence-electron chi connectivity index (χ0n) is 45.8. The Labute approximate surface area is 466 Å². The van der Waals surface area contributed by atoms with Crippen molar-refractivity contribution in [1.82, 2.24) is 9.13 Å². The second-order valence-corrected chi connectivity index (χ2v) is 24.8. The monoisotopic (exact) mass is 1030 g/mol. The molecule has 0 bridgehead atoms. The summed E-state index contributed by atoms with van der Waals surface area (Å²) in [6, 6.07) is 86.9. The van der Waals surface area contributed by atoms with Gasteiger partial charge in [0, 0.05) is 50.4 Å². The molecule has 13 aromatic rings. The van der Waals surface area contributed by atoms with Crippen LogP contribution in [0.25, 0.3) is 77.2 Å². The summed E-state index contributed by atoms with van der Waals surface area (Å²) in [5, 5.41) is 4.99. The van der Waals surface area contributed by atoms with Gasteiger partial charge in [-0.3, -0.25) is 0 Å². The van der Waals surface area contributed by atoms with Crippen molar-refractivity contribution in [2.45, 2.75) is 57.8 Å². The minimum atomic E-state index is -0.521. The fraction of sp³-hybridized carbons (Fsp3) is 0.120. The zero-order valence-corrected chi connectivity index (χ0v) is 45.8. The summed E-state index contributed by atoms with van der Waals surface area (Å²) < 4.78 is 12.9. The Balaban J connectivity index is 1.03. The highest BCUT2D eigenvalue weighted by Gasteiger charge is 2.53. The molecule has 4 nitrogen and oxygen atoms in total. The van der Waals surface area contributed by atoms with Crippen molar-refractivity contribution < 1.29 is 4.74 Å². The van der Waals surface area contributed by atoms with Gasteiger partial charge in [0.25, 0.3) is 6.71 Å². The summed E-state index contributed by atoms with van der Waals surface area (Å²) >= 11 is 0. The highest BCUT2D eigenvalue weighted by Crippen LogP contribution is 2.63. The molecule has 380 valence electrons. The van der Waals surface area contributed by atoms with Crippen LogP contribution in [-0.4, -0.2) is 15.8 Å². The molecule has 0 unspecified atom stereocenters. The number of para-hydroxylation sites is 4. The Morgan fingerprint density at radius 1 is 0.400 bits per heavy atom. The van der Waals surface area contributed by atoms with Gasteiger partial charge in [-0.25, -0.2) is 0 Å². The van der Waals surface area contributed by atoms with Crippen LogP contribution in [0.15, 0.2) is 231 Å². The Morgan fingerprint density at radius 3 is 1.52 bits per heavy atom. The Hall–Kier alpha value is -9.32. The van der Waals surface area contributed by atoms with E-state index < -0.39 is 5.41 Å². The van der Waals surface area contributed by atoms with E-state index in [1.54, 1.807) is 0 Å². The van der Waals surface area contributed by atoms with Crippen molar-refractivity contribution in [2.75, 3.05) is 4.90 Å². The van der Waals surface area contributed by atoms with Crippen LogP contribution < -0.4 is 26.0 Å². The number of anilines is 3. The summed E-state index contributed by atoms with van der Waals surface area (Å²) in [6.07, 6.45) is 0. The van der Waals surface area contributed by atoms with E-state index in [1.165, 1.54) is 121 Å². The molecule has 17 rings (SSSR count). The van der Waals surface area contributed by atoms with Crippen LogP contribution in [0, 0.1) is 0 Å². The molecule has 2 aliphatic carbocycles. The molecule has 0 radical (unpaired) electrons. The number of hydrogen-bond donors (Lipinski definition) is 0. The standard InChI is InChI=1S/C75H56BN3O/c1-73(2,3)45-37-46(74(4,5)6)39-49(38-45)78-64-35-21-16-30-54(64)57-43-63-72-69(71(57)78)55-31-17-22-36-65(55)79(72)66-40-50(77(47-23-9-7-10-24-47)48-25-11-8-12-26-48)41-68-70(66)76(63)62-42-56-53-29-15-20-34-60(53)75(61(56)44-67(62)80-68)58-32-18-13-27-51(58)52-28-14-19-33-59(52)75/h7-44H,1-6H3. The van der Waals surface area contributed by atoms with E-state index in [1.807, 2.05) is 0 Å². The Kier molecular flexibility index (Phi) is 9.09. The van der Waals surface area contributed by atoms with E-state index >= 15 is 0 Å². The quantitative estimate of drug-likeness (QED) is 0.164. The van der Waals surface area contributed by atoms with Gasteiger partial charge in [-0.05, 0) is 144 Å². The lowest BCUT2D eigenvalue weighted by atomic mass is 9.34. The molecule has 0 saturated carbocycles. The molecule has 2 aromatic heterocycles. The van der Waals surface area contributed by atoms with Crippen molar-refractivity contribution in [3.05, 3.63) is 264 Å². The van der Waals surface area contributed by atoms with Gasteiger partial charge in [-0.15, -0.1) is 0 Å². The van der Waals surface area contributed by atoms with Crippen LogP contribution in [0.1, 0.15) is 74.9 Å². The number of ether oxygens (including phenoxy) is 1. The van der Waals surface area contributed by atoms with Crippen molar-refractivity contribution in [3.8, 4) is 45.1 Å². The van der Waals surface area contributed by atoms with Crippen LogP contribution in [-0.2, 0) is 16.2 Å². The minimum absolute atomic E-state index is 0.0675. The molecule has 4 heterocycles. The van der Waals surface area contributed by atoms with E-state index in [0.717, 1.165) is 34.2 Å². The van der Waals surface area contributed by atoms with Gasteiger partial charge >= 0.3 is 0 Å². The Morgan fingerprint density at radius 2 is 0.925 bits per heavy atom. The maximum Gasteiger partial charge on any atom is 0.256 e. The number of aromatic nitrogens is 2. The van der Waals surface area contributed by atoms with Crippen LogP contribution in [0.3, 0.4) is 0 Å². The molecular weight excluding hydrogens is 970 g/mol. The Bertz CT molecular complexity index is 4720. The van der Waals surface area contributed by atoms with Crippen LogP contribution in [0.5, 0.6) is 11.5 Å². The minimum Gasteiger partial charge on any atom is -0.458 e. The summed E-state index contributed by atoms with van der Waals surface area (Å²) in [7, 11) is 0. The maximum absolute atomic E-state index is 7.74. The number of benzene rings is 11. The van der Waals surface area contributed by atoms with Gasteiger partial charge in [0.05, 0.1) is 33.2 Å². The molecule has 0 atom stereocenters. The summed E-state index contributed by atoms with van der Waals surface area (Å²) in [6.45, 7) is 13.9. The first-order valence-corrected chi connectivity index (χ1v) is 28.4. The van der Waals surface area contributed by atoms with Gasteiger partial charge in [0.2, 0.25) is 0 Å². The molecule has 1 spiro atoms. The van der Waals surface area contributed by atoms with Crippen molar-refractivity contribution in [1.29, 1.82) is 0 Å². The predicted octanol–water partition coefficient (Wildman–Crippen LogP) is 17.2. The van der Waals surface area contributed by atoms with Gasteiger partial charge in [0.1, 0.15) is 11.5 Å². The summed E-state index contributed by atoms with van der Waals surface area (Å²) in [4.78, 5) is 2.39. The maximum atomic E-state index is 7.74. The van der Waals surface area contributed by atoms with E-state index in [9.17, 15) is 0 Å². The number of rotatable bonds is 4. The van der Waals surface area contributed by atoms with Crippen molar-refractivity contribution in [3.63, 3.8) is 0 Å². The topological polar surface area (TPSA) is 22.3 Å². The third kappa shape index (κ3) is 5.96. The zero-order chi connectivity index (χ0) is 53.6. The molecule has 2 aliphatic heterocycles. The van der Waals surface area contributed by atoms with E-state index in [4.69, 9.17) is 4.74 Å². The summed E-state index contributed by atoms with van der Waals surface area (Å²) in [5.74, 6) is 1.77. The smallest absolute Gasteiger partial charge is 0.256 e. The molecule has 4 aliphatic rings. The highest BCUT2D eigenvalue weighted by molar-refractivity contribution is 6.99. The second kappa shape index (κ2) is 15.9. The first-order valence-electron chi connectivity index (χ1n) is 28.4. The van der Waals surface area contributed by atoms with Crippen LogP contribution in [0.2, 0.25) is 0 Å². The SMILES string of the molecule is CC(C)(C)c1cc(-n2c3ccccc3c3cc4c5c(c6ccccc6n5-c5cc(N(c6ccccc6)c6ccccc6)cc6c5B4c4cc5c(cc4O6)C4(c6ccccc6-c6ccccc64)c4ccccc4-5)c32)cc(C(C)(C)C)c1. The lowest BCUT2D eigenvalue weighted by Crippen LogP contribution is -2.58. The van der Waals surface area contributed by atoms with Crippen molar-refractivity contribution in [2.24, 2.45) is 0 Å². The highest BCUT2D eigenvalue weighted by atomic mass is 16.5. The molecular formula is C75H56BN3O. The second-order valence-electron chi connectivity index (χ2n) is 24.8. The van der Waals surface area contributed by atoms with E-state index in [2.05, 4.69) is 286 Å². The lowest BCUT2D eigenvalue weighted by Gasteiger charge is -2.36. The van der Waals surface area contributed by atoms with E-state index in [-0.39, 0.29) is 17.5 Å². The average Bonchev–Trinajstić information content (AvgIpc) is 2.75. The molecule has 0 N–H and O–H groups in total. The molecule has 80 heavy (non-hydrogen) atoms. The first kappa shape index (κ1) is 45.7. The average molecular weight is 1030 g/mol.